The molecule has 20 heavy (non-hydrogen) atoms. The number of benzene rings is 1. The smallest absolute Gasteiger partial charge is 0.144 e. The number of nitrogens with zero attached hydrogens (tertiary/aromatic N) is 1. The summed E-state index contributed by atoms with van der Waals surface area (Å²) in [4.78, 5) is 2.52. The highest BCUT2D eigenvalue weighted by Crippen LogP contribution is 2.28. The van der Waals surface area contributed by atoms with E-state index in [0.717, 1.165) is 5.56 Å². The summed E-state index contributed by atoms with van der Waals surface area (Å²) >= 11 is 0. The highest BCUT2D eigenvalue weighted by Gasteiger charge is 2.20. The zero-order chi connectivity index (χ0) is 13.7. The quantitative estimate of drug-likeness (QED) is 0.849. The van der Waals surface area contributed by atoms with Crippen LogP contribution in [0.2, 0.25) is 0 Å². The van der Waals surface area contributed by atoms with E-state index in [2.05, 4.69) is 24.0 Å². The third kappa shape index (κ3) is 5.08. The first-order valence-corrected chi connectivity index (χ1v) is 8.48. The molecule has 1 aromatic rings. The molecular weight excluding hydrogens is 294 g/mol. The van der Waals surface area contributed by atoms with Gasteiger partial charge >= 0.3 is 0 Å². The Labute approximate surface area is 129 Å². The third-order valence-corrected chi connectivity index (χ3v) is 4.48. The summed E-state index contributed by atoms with van der Waals surface area (Å²) in [6.45, 7) is 5.75. The third-order valence-electron chi connectivity index (χ3n) is 3.86. The van der Waals surface area contributed by atoms with Gasteiger partial charge in [-0.2, -0.15) is 0 Å². The van der Waals surface area contributed by atoms with Gasteiger partial charge in [-0.1, -0.05) is 31.2 Å². The predicted molar refractivity (Wildman–Crippen MR) is 86.4 cm³/mol. The summed E-state index contributed by atoms with van der Waals surface area (Å²) in [5.74, 6) is 0.760. The molecule has 1 saturated heterocycles. The average Bonchev–Trinajstić information content (AvgIpc) is 2.39. The van der Waals surface area contributed by atoms with E-state index in [9.17, 15) is 8.42 Å². The van der Waals surface area contributed by atoms with Crippen LogP contribution in [0.15, 0.2) is 24.3 Å². The molecule has 0 spiro atoms. The van der Waals surface area contributed by atoms with Gasteiger partial charge < -0.3 is 4.90 Å². The van der Waals surface area contributed by atoms with Gasteiger partial charge in [0.05, 0.1) is 5.75 Å². The van der Waals surface area contributed by atoms with Crippen LogP contribution in [0.4, 0.5) is 0 Å². The number of halogens is 1. The van der Waals surface area contributed by atoms with Crippen LogP contribution in [0.25, 0.3) is 0 Å². The molecule has 114 valence electrons. The predicted octanol–water partition coefficient (Wildman–Crippen LogP) is 2.81. The Kier molecular flexibility index (Phi) is 7.56. The molecule has 0 bridgehead atoms. The van der Waals surface area contributed by atoms with Gasteiger partial charge in [-0.05, 0) is 55.9 Å². The highest BCUT2D eigenvalue weighted by molar-refractivity contribution is 7.71. The molecule has 1 fully saturated rings. The standard InChI is InChI=1S/C15H23NO2S.ClH/c1-2-8-16-9-6-14(7-10-16)15-5-3-4-13(11-15)12-19(17)18;/h3-5,11,14,19H,2,6-10,12H2,1H3;1H. The van der Waals surface area contributed by atoms with Crippen molar-refractivity contribution in [3.63, 3.8) is 0 Å². The number of rotatable bonds is 5. The van der Waals surface area contributed by atoms with Crippen LogP contribution in [0.1, 0.15) is 43.2 Å². The first kappa shape index (κ1) is 17.5. The van der Waals surface area contributed by atoms with Crippen molar-refractivity contribution in [1.29, 1.82) is 0 Å². The van der Waals surface area contributed by atoms with Crippen molar-refractivity contribution in [2.75, 3.05) is 19.6 Å². The zero-order valence-electron chi connectivity index (χ0n) is 12.0. The van der Waals surface area contributed by atoms with E-state index in [1.807, 2.05) is 12.1 Å². The topological polar surface area (TPSA) is 37.4 Å². The van der Waals surface area contributed by atoms with Crippen molar-refractivity contribution in [2.45, 2.75) is 37.9 Å². The van der Waals surface area contributed by atoms with Gasteiger partial charge in [-0.3, -0.25) is 0 Å². The first-order chi connectivity index (χ1) is 9.19. The van der Waals surface area contributed by atoms with Crippen LogP contribution in [0.3, 0.4) is 0 Å². The van der Waals surface area contributed by atoms with Gasteiger partial charge in [0.25, 0.3) is 0 Å². The fraction of sp³-hybridized carbons (Fsp3) is 0.600. The maximum absolute atomic E-state index is 10.8. The number of hydrogen-bond acceptors (Lipinski definition) is 3. The van der Waals surface area contributed by atoms with Gasteiger partial charge in [0.1, 0.15) is 10.7 Å². The van der Waals surface area contributed by atoms with Gasteiger partial charge in [0.15, 0.2) is 0 Å². The fourth-order valence-corrected chi connectivity index (χ4v) is 3.40. The average molecular weight is 318 g/mol. The Bertz CT molecular complexity index is 475. The fourth-order valence-electron chi connectivity index (χ4n) is 2.90. The molecule has 0 saturated carbocycles. The Morgan fingerprint density at radius 1 is 1.25 bits per heavy atom. The Morgan fingerprint density at radius 2 is 1.95 bits per heavy atom. The summed E-state index contributed by atoms with van der Waals surface area (Å²) in [6.07, 6.45) is 3.59. The van der Waals surface area contributed by atoms with Crippen LogP contribution in [-0.4, -0.2) is 33.0 Å². The first-order valence-electron chi connectivity index (χ1n) is 7.12. The molecule has 0 amide bonds. The van der Waals surface area contributed by atoms with Crippen LogP contribution < -0.4 is 0 Å². The lowest BCUT2D eigenvalue weighted by atomic mass is 9.88. The Balaban J connectivity index is 0.00000200. The summed E-state index contributed by atoms with van der Waals surface area (Å²) in [6, 6.07) is 8.11. The molecule has 0 N–H and O–H groups in total. The molecule has 3 nitrogen and oxygen atoms in total. The maximum Gasteiger partial charge on any atom is 0.144 e. The van der Waals surface area contributed by atoms with Crippen LogP contribution in [-0.2, 0) is 16.5 Å². The van der Waals surface area contributed by atoms with Gasteiger partial charge in [0, 0.05) is 0 Å². The second-order valence-corrected chi connectivity index (χ2v) is 6.33. The molecule has 0 unspecified atom stereocenters. The molecule has 5 heteroatoms. The Hall–Kier alpha value is -0.580. The van der Waals surface area contributed by atoms with E-state index < -0.39 is 10.7 Å². The summed E-state index contributed by atoms with van der Waals surface area (Å²) < 4.78 is 21.6. The number of piperidine rings is 1. The molecule has 1 heterocycles. The van der Waals surface area contributed by atoms with E-state index in [4.69, 9.17) is 0 Å². The van der Waals surface area contributed by atoms with Crippen LogP contribution in [0.5, 0.6) is 0 Å². The van der Waals surface area contributed by atoms with Crippen molar-refractivity contribution in [3.8, 4) is 0 Å². The van der Waals surface area contributed by atoms with Gasteiger partial charge in [-0.25, -0.2) is 8.42 Å². The van der Waals surface area contributed by atoms with Crippen molar-refractivity contribution in [2.24, 2.45) is 0 Å². The lowest BCUT2D eigenvalue weighted by Gasteiger charge is -2.32. The van der Waals surface area contributed by atoms with E-state index in [-0.39, 0.29) is 18.2 Å². The van der Waals surface area contributed by atoms with E-state index >= 15 is 0 Å². The van der Waals surface area contributed by atoms with Crippen molar-refractivity contribution in [3.05, 3.63) is 35.4 Å². The highest BCUT2D eigenvalue weighted by atomic mass is 35.5. The lowest BCUT2D eigenvalue weighted by Crippen LogP contribution is -2.33. The van der Waals surface area contributed by atoms with Crippen LogP contribution >= 0.6 is 12.4 Å². The molecule has 0 aromatic heterocycles. The summed E-state index contributed by atoms with van der Waals surface area (Å²) in [7, 11) is -2.33. The molecule has 1 aliphatic rings. The molecule has 0 radical (unpaired) electrons. The van der Waals surface area contributed by atoms with Crippen molar-refractivity contribution >= 4 is 23.1 Å². The monoisotopic (exact) mass is 317 g/mol. The normalized spacial score (nSPS) is 17.1. The molecular formula is C15H24ClNO2S. The second-order valence-electron chi connectivity index (χ2n) is 5.35. The summed E-state index contributed by atoms with van der Waals surface area (Å²) in [5.41, 5.74) is 2.23. The zero-order valence-corrected chi connectivity index (χ0v) is 13.7. The molecule has 0 aliphatic carbocycles. The largest absolute Gasteiger partial charge is 0.303 e. The minimum atomic E-state index is -2.33. The number of likely N-dealkylation sites (tertiary alicyclic amines) is 1. The minimum absolute atomic E-state index is 0. The minimum Gasteiger partial charge on any atom is -0.303 e. The lowest BCUT2D eigenvalue weighted by molar-refractivity contribution is 0.213. The van der Waals surface area contributed by atoms with Crippen molar-refractivity contribution < 1.29 is 8.42 Å². The maximum atomic E-state index is 10.8. The SMILES string of the molecule is CCCN1CCC(c2cccc(C[SH](=O)=O)c2)CC1.Cl. The van der Waals surface area contributed by atoms with E-state index in [1.54, 1.807) is 0 Å². The molecule has 1 aromatic carbocycles. The van der Waals surface area contributed by atoms with Gasteiger partial charge in [0.2, 0.25) is 0 Å². The van der Waals surface area contributed by atoms with Gasteiger partial charge in [-0.15, -0.1) is 12.4 Å². The molecule has 0 atom stereocenters. The molecule has 2 rings (SSSR count). The second kappa shape index (κ2) is 8.65. The number of hydrogen-bond donors (Lipinski definition) is 1. The number of thiol groups is 1. The van der Waals surface area contributed by atoms with E-state index in [0.29, 0.717) is 5.92 Å². The van der Waals surface area contributed by atoms with Crippen LogP contribution in [0, 0.1) is 0 Å². The Morgan fingerprint density at radius 3 is 2.55 bits per heavy atom. The summed E-state index contributed by atoms with van der Waals surface area (Å²) in [5, 5.41) is 0. The molecule has 1 aliphatic heterocycles. The van der Waals surface area contributed by atoms with Crippen molar-refractivity contribution in [1.82, 2.24) is 4.90 Å². The van der Waals surface area contributed by atoms with E-state index in [1.165, 1.54) is 44.5 Å².